The molecule has 2 aromatic rings. The lowest BCUT2D eigenvalue weighted by Crippen LogP contribution is -2.48. The van der Waals surface area contributed by atoms with Crippen LogP contribution in [0.2, 0.25) is 0 Å². The van der Waals surface area contributed by atoms with Gasteiger partial charge in [0.1, 0.15) is 12.1 Å². The third kappa shape index (κ3) is 3.60. The Morgan fingerprint density at radius 3 is 2.57 bits per heavy atom. The van der Waals surface area contributed by atoms with Crippen LogP contribution in [0.3, 0.4) is 0 Å². The number of rotatable bonds is 4. The van der Waals surface area contributed by atoms with Gasteiger partial charge in [-0.1, -0.05) is 55.3 Å². The van der Waals surface area contributed by atoms with Crippen molar-refractivity contribution in [1.82, 2.24) is 20.9 Å². The molecule has 156 valence electrons. The number of nitrogens with zero attached hydrogens (tertiary/aromatic N) is 1. The fraction of sp³-hybridized carbons (Fsp3) is 0.364. The maximum Gasteiger partial charge on any atom is 0.325 e. The van der Waals surface area contributed by atoms with Crippen molar-refractivity contribution in [1.29, 1.82) is 0 Å². The largest absolute Gasteiger partial charge is 0.335 e. The standard InChI is InChI=1S/C22H24N4O4/c1-22(17-12-6-8-14-7-2-5-11-16(14)17)19(28)26(21(30)25-22)13-18(27)24-20(29)23-15-9-3-4-10-15/h2,5-8,11-12,15H,3-4,9-10,13H2,1H3,(H,25,30)(H2,23,24,27,29)/t22-/m0/s1. The fourth-order valence-corrected chi connectivity index (χ4v) is 4.29. The summed E-state index contributed by atoms with van der Waals surface area (Å²) < 4.78 is 0. The Morgan fingerprint density at radius 1 is 1.10 bits per heavy atom. The maximum absolute atomic E-state index is 13.1. The summed E-state index contributed by atoms with van der Waals surface area (Å²) in [6.07, 6.45) is 3.87. The predicted molar refractivity (Wildman–Crippen MR) is 110 cm³/mol. The molecule has 0 bridgehead atoms. The molecule has 0 radical (unpaired) electrons. The Labute approximate surface area is 174 Å². The highest BCUT2D eigenvalue weighted by Crippen LogP contribution is 2.33. The number of hydrogen-bond acceptors (Lipinski definition) is 4. The molecule has 1 saturated carbocycles. The number of nitrogens with one attached hydrogen (secondary N) is 3. The topological polar surface area (TPSA) is 108 Å². The maximum atomic E-state index is 13.1. The number of urea groups is 2. The van der Waals surface area contributed by atoms with Gasteiger partial charge in [-0.3, -0.25) is 19.8 Å². The number of imide groups is 2. The lowest BCUT2D eigenvalue weighted by Gasteiger charge is -2.24. The van der Waals surface area contributed by atoms with Crippen molar-refractivity contribution in [2.24, 2.45) is 0 Å². The molecule has 3 N–H and O–H groups in total. The number of carbonyl (C=O) groups excluding carboxylic acids is 4. The SMILES string of the molecule is C[C@@]1(c2cccc3ccccc23)NC(=O)N(CC(=O)NC(=O)NC2CCCC2)C1=O. The van der Waals surface area contributed by atoms with Gasteiger partial charge < -0.3 is 10.6 Å². The molecular weight excluding hydrogens is 384 g/mol. The Hall–Kier alpha value is -3.42. The van der Waals surface area contributed by atoms with Gasteiger partial charge in [0.05, 0.1) is 0 Å². The van der Waals surface area contributed by atoms with Crippen molar-refractivity contribution < 1.29 is 19.2 Å². The van der Waals surface area contributed by atoms with E-state index in [2.05, 4.69) is 16.0 Å². The van der Waals surface area contributed by atoms with Gasteiger partial charge in [0.25, 0.3) is 5.91 Å². The van der Waals surface area contributed by atoms with Crippen molar-refractivity contribution in [2.45, 2.75) is 44.2 Å². The first-order valence-corrected chi connectivity index (χ1v) is 10.1. The van der Waals surface area contributed by atoms with Gasteiger partial charge in [0.2, 0.25) is 5.91 Å². The summed E-state index contributed by atoms with van der Waals surface area (Å²) >= 11 is 0. The van der Waals surface area contributed by atoms with Gasteiger partial charge in [-0.05, 0) is 36.1 Å². The molecule has 4 rings (SSSR count). The lowest BCUT2D eigenvalue weighted by molar-refractivity contribution is -0.134. The van der Waals surface area contributed by atoms with E-state index in [4.69, 9.17) is 0 Å². The molecule has 2 aliphatic rings. The van der Waals surface area contributed by atoms with E-state index in [-0.39, 0.29) is 6.04 Å². The van der Waals surface area contributed by atoms with Crippen molar-refractivity contribution in [3.8, 4) is 0 Å². The Kier molecular flexibility index (Phi) is 5.15. The number of amides is 6. The van der Waals surface area contributed by atoms with Crippen LogP contribution in [-0.4, -0.2) is 41.4 Å². The molecule has 2 fully saturated rings. The van der Waals surface area contributed by atoms with Crippen LogP contribution < -0.4 is 16.0 Å². The predicted octanol–water partition coefficient (Wildman–Crippen LogP) is 2.38. The molecule has 8 heteroatoms. The lowest BCUT2D eigenvalue weighted by atomic mass is 9.88. The van der Waals surface area contributed by atoms with E-state index in [1.165, 1.54) is 0 Å². The second kappa shape index (κ2) is 7.78. The molecule has 0 spiro atoms. The summed E-state index contributed by atoms with van der Waals surface area (Å²) in [6.45, 7) is 1.10. The first-order valence-electron chi connectivity index (χ1n) is 10.1. The normalized spacial score (nSPS) is 21.7. The van der Waals surface area contributed by atoms with E-state index < -0.39 is 36.0 Å². The van der Waals surface area contributed by atoms with Crippen LogP contribution in [0.4, 0.5) is 9.59 Å². The van der Waals surface area contributed by atoms with E-state index in [1.807, 2.05) is 36.4 Å². The highest BCUT2D eigenvalue weighted by atomic mass is 16.2. The minimum absolute atomic E-state index is 0.0594. The van der Waals surface area contributed by atoms with Crippen LogP contribution in [0, 0.1) is 0 Å². The van der Waals surface area contributed by atoms with E-state index in [0.29, 0.717) is 5.56 Å². The minimum Gasteiger partial charge on any atom is -0.335 e. The Morgan fingerprint density at radius 2 is 1.80 bits per heavy atom. The monoisotopic (exact) mass is 408 g/mol. The molecule has 0 aromatic heterocycles. The summed E-state index contributed by atoms with van der Waals surface area (Å²) in [5.41, 5.74) is -0.648. The smallest absolute Gasteiger partial charge is 0.325 e. The van der Waals surface area contributed by atoms with Gasteiger partial charge in [-0.2, -0.15) is 0 Å². The van der Waals surface area contributed by atoms with Gasteiger partial charge >= 0.3 is 12.1 Å². The molecule has 0 unspecified atom stereocenters. The van der Waals surface area contributed by atoms with E-state index in [1.54, 1.807) is 13.0 Å². The molecular formula is C22H24N4O4. The van der Waals surface area contributed by atoms with Crippen LogP contribution in [0.1, 0.15) is 38.2 Å². The average Bonchev–Trinajstić information content (AvgIpc) is 3.30. The number of fused-ring (bicyclic) bond motifs is 1. The molecule has 1 atom stereocenters. The number of benzene rings is 2. The fourth-order valence-electron chi connectivity index (χ4n) is 4.29. The zero-order valence-electron chi connectivity index (χ0n) is 16.7. The van der Waals surface area contributed by atoms with Crippen molar-refractivity contribution in [3.63, 3.8) is 0 Å². The summed E-state index contributed by atoms with van der Waals surface area (Å²) in [5, 5.41) is 9.45. The molecule has 2 aromatic carbocycles. The number of hydrogen-bond donors (Lipinski definition) is 3. The molecule has 6 amide bonds. The second-order valence-corrected chi connectivity index (χ2v) is 7.98. The van der Waals surface area contributed by atoms with E-state index in [0.717, 1.165) is 41.4 Å². The summed E-state index contributed by atoms with van der Waals surface area (Å²) in [5.74, 6) is -1.24. The second-order valence-electron chi connectivity index (χ2n) is 7.98. The first-order chi connectivity index (χ1) is 14.4. The Bertz CT molecular complexity index is 1030. The van der Waals surface area contributed by atoms with E-state index in [9.17, 15) is 19.2 Å². The molecule has 1 aliphatic heterocycles. The molecule has 1 heterocycles. The van der Waals surface area contributed by atoms with Gasteiger partial charge in [-0.15, -0.1) is 0 Å². The molecule has 1 aliphatic carbocycles. The highest BCUT2D eigenvalue weighted by molar-refractivity contribution is 6.11. The quantitative estimate of drug-likeness (QED) is 0.675. The van der Waals surface area contributed by atoms with Gasteiger partial charge in [0, 0.05) is 6.04 Å². The van der Waals surface area contributed by atoms with Crippen molar-refractivity contribution in [2.75, 3.05) is 6.54 Å². The van der Waals surface area contributed by atoms with Gasteiger partial charge in [-0.25, -0.2) is 9.59 Å². The third-order valence-corrected chi connectivity index (χ3v) is 5.85. The Balaban J connectivity index is 1.48. The zero-order valence-corrected chi connectivity index (χ0v) is 16.7. The van der Waals surface area contributed by atoms with Crippen molar-refractivity contribution >= 4 is 34.6 Å². The van der Waals surface area contributed by atoms with Crippen LogP contribution in [0.15, 0.2) is 42.5 Å². The third-order valence-electron chi connectivity index (χ3n) is 5.85. The highest BCUT2D eigenvalue weighted by Gasteiger charge is 2.50. The summed E-state index contributed by atoms with van der Waals surface area (Å²) in [6, 6.07) is 11.9. The molecule has 30 heavy (non-hydrogen) atoms. The minimum atomic E-state index is -1.30. The first kappa shape index (κ1) is 19.9. The molecule has 1 saturated heterocycles. The van der Waals surface area contributed by atoms with Crippen LogP contribution in [-0.2, 0) is 15.1 Å². The number of carbonyl (C=O) groups is 4. The van der Waals surface area contributed by atoms with Crippen LogP contribution in [0.5, 0.6) is 0 Å². The van der Waals surface area contributed by atoms with Crippen LogP contribution in [0.25, 0.3) is 10.8 Å². The van der Waals surface area contributed by atoms with E-state index >= 15 is 0 Å². The average molecular weight is 408 g/mol. The summed E-state index contributed by atoms with van der Waals surface area (Å²) in [4.78, 5) is 50.8. The van der Waals surface area contributed by atoms with Gasteiger partial charge in [0.15, 0.2) is 0 Å². The van der Waals surface area contributed by atoms with Crippen molar-refractivity contribution in [3.05, 3.63) is 48.0 Å². The molecule has 8 nitrogen and oxygen atoms in total. The van der Waals surface area contributed by atoms with Crippen LogP contribution >= 0.6 is 0 Å². The zero-order chi connectivity index (χ0) is 21.3. The summed E-state index contributed by atoms with van der Waals surface area (Å²) in [7, 11) is 0.